The minimum atomic E-state index is 0.129. The number of hydrogen-bond acceptors (Lipinski definition) is 3. The standard InChI is InChI=1S/C18H32N4O2/c1-2-19-18(22-15-12-14-8-9-16(15)24-14)20-11-10-17(23)21-13-6-4-3-5-7-13/h13-16H,2-12H2,1H3,(H,21,23)(H2,19,20,22). The van der Waals surface area contributed by atoms with Crippen LogP contribution >= 0.6 is 0 Å². The highest BCUT2D eigenvalue weighted by molar-refractivity contribution is 5.81. The Kier molecular flexibility index (Phi) is 6.35. The van der Waals surface area contributed by atoms with E-state index < -0.39 is 0 Å². The van der Waals surface area contributed by atoms with Crippen molar-refractivity contribution in [3.63, 3.8) is 0 Å². The quantitative estimate of drug-likeness (QED) is 0.510. The Hall–Kier alpha value is -1.30. The highest BCUT2D eigenvalue weighted by atomic mass is 16.5. The van der Waals surface area contributed by atoms with Gasteiger partial charge in [-0.25, -0.2) is 0 Å². The summed E-state index contributed by atoms with van der Waals surface area (Å²) in [7, 11) is 0. The number of nitrogens with zero attached hydrogens (tertiary/aromatic N) is 1. The second-order valence-corrected chi connectivity index (χ2v) is 7.27. The van der Waals surface area contributed by atoms with Crippen molar-refractivity contribution >= 4 is 11.9 Å². The number of nitrogens with one attached hydrogen (secondary N) is 3. The molecule has 3 rings (SSSR count). The SMILES string of the molecule is CCNC(=NCCC(=O)NC1CCCCC1)NC1CC2CCC1O2. The number of fused-ring (bicyclic) bond motifs is 2. The summed E-state index contributed by atoms with van der Waals surface area (Å²) < 4.78 is 5.88. The van der Waals surface area contributed by atoms with Gasteiger partial charge in [0.25, 0.3) is 0 Å². The first-order valence-electron chi connectivity index (χ1n) is 9.74. The lowest BCUT2D eigenvalue weighted by Crippen LogP contribution is -2.47. The van der Waals surface area contributed by atoms with E-state index in [1.165, 1.54) is 25.7 Å². The predicted molar refractivity (Wildman–Crippen MR) is 95.0 cm³/mol. The van der Waals surface area contributed by atoms with Gasteiger partial charge in [-0.15, -0.1) is 0 Å². The molecule has 2 aliphatic heterocycles. The van der Waals surface area contributed by atoms with Crippen LogP contribution in [-0.4, -0.2) is 49.2 Å². The second-order valence-electron chi connectivity index (χ2n) is 7.27. The van der Waals surface area contributed by atoms with E-state index in [4.69, 9.17) is 4.74 Å². The highest BCUT2D eigenvalue weighted by Crippen LogP contribution is 2.34. The van der Waals surface area contributed by atoms with E-state index >= 15 is 0 Å². The number of ether oxygens (including phenoxy) is 1. The van der Waals surface area contributed by atoms with Gasteiger partial charge in [-0.3, -0.25) is 9.79 Å². The largest absolute Gasteiger partial charge is 0.373 e. The molecule has 6 heteroatoms. The predicted octanol–water partition coefficient (Wildman–Crippen LogP) is 1.70. The van der Waals surface area contributed by atoms with Crippen LogP contribution in [0.5, 0.6) is 0 Å². The smallest absolute Gasteiger partial charge is 0.222 e. The maximum Gasteiger partial charge on any atom is 0.222 e. The lowest BCUT2D eigenvalue weighted by Gasteiger charge is -2.23. The number of rotatable bonds is 6. The number of hydrogen-bond donors (Lipinski definition) is 3. The molecule has 0 aromatic rings. The van der Waals surface area contributed by atoms with E-state index in [9.17, 15) is 4.79 Å². The first-order chi connectivity index (χ1) is 11.7. The van der Waals surface area contributed by atoms with Gasteiger partial charge in [0, 0.05) is 19.0 Å². The summed E-state index contributed by atoms with van der Waals surface area (Å²) in [6.45, 7) is 3.40. The average Bonchev–Trinajstić information content (AvgIpc) is 3.19. The van der Waals surface area contributed by atoms with E-state index in [0.717, 1.165) is 38.2 Å². The minimum absolute atomic E-state index is 0.129. The van der Waals surface area contributed by atoms with Crippen molar-refractivity contribution in [3.8, 4) is 0 Å². The third-order valence-electron chi connectivity index (χ3n) is 5.35. The topological polar surface area (TPSA) is 74.8 Å². The molecule has 1 aliphatic carbocycles. The number of aliphatic imine (C=N–C) groups is 1. The van der Waals surface area contributed by atoms with Crippen LogP contribution in [-0.2, 0) is 9.53 Å². The van der Waals surface area contributed by atoms with Crippen molar-refractivity contribution in [2.45, 2.75) is 89.0 Å². The maximum atomic E-state index is 12.1. The van der Waals surface area contributed by atoms with Gasteiger partial charge in [0.1, 0.15) is 0 Å². The summed E-state index contributed by atoms with van der Waals surface area (Å²) in [6, 6.07) is 0.741. The first kappa shape index (κ1) is 17.5. The van der Waals surface area contributed by atoms with E-state index in [-0.39, 0.29) is 5.91 Å². The minimum Gasteiger partial charge on any atom is -0.373 e. The molecule has 3 fully saturated rings. The molecule has 2 bridgehead atoms. The molecule has 0 aromatic heterocycles. The molecule has 2 saturated heterocycles. The van der Waals surface area contributed by atoms with Gasteiger partial charge in [-0.05, 0) is 39.0 Å². The molecule has 3 aliphatic rings. The van der Waals surface area contributed by atoms with Crippen LogP contribution in [0.15, 0.2) is 4.99 Å². The van der Waals surface area contributed by atoms with Crippen LogP contribution in [0.2, 0.25) is 0 Å². The Morgan fingerprint density at radius 1 is 1.12 bits per heavy atom. The molecule has 1 saturated carbocycles. The molecule has 0 aromatic carbocycles. The zero-order valence-corrected chi connectivity index (χ0v) is 14.9. The molecular formula is C18H32N4O2. The summed E-state index contributed by atoms with van der Waals surface area (Å²) in [5.41, 5.74) is 0. The van der Waals surface area contributed by atoms with E-state index in [0.29, 0.717) is 37.3 Å². The van der Waals surface area contributed by atoms with Gasteiger partial charge in [0.15, 0.2) is 5.96 Å². The Morgan fingerprint density at radius 3 is 2.62 bits per heavy atom. The molecule has 0 radical (unpaired) electrons. The molecule has 24 heavy (non-hydrogen) atoms. The fourth-order valence-electron chi connectivity index (χ4n) is 4.10. The van der Waals surface area contributed by atoms with Crippen LogP contribution < -0.4 is 16.0 Å². The molecule has 3 atom stereocenters. The summed E-state index contributed by atoms with van der Waals surface area (Å²) >= 11 is 0. The highest BCUT2D eigenvalue weighted by Gasteiger charge is 2.41. The van der Waals surface area contributed by atoms with Gasteiger partial charge >= 0.3 is 0 Å². The number of carbonyl (C=O) groups excluding carboxylic acids is 1. The van der Waals surface area contributed by atoms with E-state index in [1.807, 2.05) is 0 Å². The van der Waals surface area contributed by atoms with Crippen molar-refractivity contribution in [2.75, 3.05) is 13.1 Å². The number of amides is 1. The van der Waals surface area contributed by atoms with Crippen LogP contribution in [0.4, 0.5) is 0 Å². The van der Waals surface area contributed by atoms with Gasteiger partial charge in [0.2, 0.25) is 5.91 Å². The molecule has 2 heterocycles. The summed E-state index contributed by atoms with van der Waals surface area (Å²) in [5, 5.41) is 9.91. The molecule has 0 spiro atoms. The molecule has 136 valence electrons. The van der Waals surface area contributed by atoms with Crippen LogP contribution in [0, 0.1) is 0 Å². The van der Waals surface area contributed by atoms with E-state index in [1.54, 1.807) is 0 Å². The van der Waals surface area contributed by atoms with Gasteiger partial charge in [-0.1, -0.05) is 19.3 Å². The normalized spacial score (nSPS) is 30.4. The van der Waals surface area contributed by atoms with Crippen LogP contribution in [0.3, 0.4) is 0 Å². The average molecular weight is 336 g/mol. The fraction of sp³-hybridized carbons (Fsp3) is 0.889. The molecule has 6 nitrogen and oxygen atoms in total. The molecule has 3 unspecified atom stereocenters. The van der Waals surface area contributed by atoms with Crippen LogP contribution in [0.1, 0.15) is 64.7 Å². The van der Waals surface area contributed by atoms with Crippen molar-refractivity contribution in [1.29, 1.82) is 0 Å². The molecule has 3 N–H and O–H groups in total. The zero-order valence-electron chi connectivity index (χ0n) is 14.9. The summed E-state index contributed by atoms with van der Waals surface area (Å²) in [5.74, 6) is 0.939. The van der Waals surface area contributed by atoms with Crippen molar-refractivity contribution in [1.82, 2.24) is 16.0 Å². The Bertz CT molecular complexity index is 448. The second kappa shape index (κ2) is 8.70. The monoisotopic (exact) mass is 336 g/mol. The molecule has 1 amide bonds. The van der Waals surface area contributed by atoms with Crippen molar-refractivity contribution in [3.05, 3.63) is 0 Å². The molecular weight excluding hydrogens is 304 g/mol. The lowest BCUT2D eigenvalue weighted by atomic mass is 9.95. The van der Waals surface area contributed by atoms with Gasteiger partial charge in [-0.2, -0.15) is 0 Å². The van der Waals surface area contributed by atoms with Crippen molar-refractivity contribution < 1.29 is 9.53 Å². The van der Waals surface area contributed by atoms with E-state index in [2.05, 4.69) is 27.9 Å². The fourth-order valence-corrected chi connectivity index (χ4v) is 4.10. The van der Waals surface area contributed by atoms with Crippen molar-refractivity contribution in [2.24, 2.45) is 4.99 Å². The first-order valence-corrected chi connectivity index (χ1v) is 9.74. The van der Waals surface area contributed by atoms with Gasteiger partial charge < -0.3 is 20.7 Å². The Labute approximate surface area is 145 Å². The third-order valence-corrected chi connectivity index (χ3v) is 5.35. The zero-order chi connectivity index (χ0) is 16.8. The Morgan fingerprint density at radius 2 is 1.96 bits per heavy atom. The van der Waals surface area contributed by atoms with Crippen LogP contribution in [0.25, 0.3) is 0 Å². The van der Waals surface area contributed by atoms with Gasteiger partial charge in [0.05, 0.1) is 24.8 Å². The number of carbonyl (C=O) groups is 1. The lowest BCUT2D eigenvalue weighted by molar-refractivity contribution is -0.121. The summed E-state index contributed by atoms with van der Waals surface area (Å²) in [6.07, 6.45) is 10.7. The Balaban J connectivity index is 1.40. The third kappa shape index (κ3) is 4.85. The maximum absolute atomic E-state index is 12.1. The number of guanidine groups is 1. The summed E-state index contributed by atoms with van der Waals surface area (Å²) in [4.78, 5) is 16.6.